The molecule has 12 heteroatoms. The summed E-state index contributed by atoms with van der Waals surface area (Å²) in [6, 6.07) is 0.541. The van der Waals surface area contributed by atoms with Gasteiger partial charge in [-0.2, -0.15) is 0 Å². The van der Waals surface area contributed by atoms with E-state index in [9.17, 15) is 19.7 Å². The number of nitro groups is 1. The first kappa shape index (κ1) is 19.9. The molecule has 0 aliphatic carbocycles. The third-order valence-corrected chi connectivity index (χ3v) is 6.95. The van der Waals surface area contributed by atoms with Crippen molar-refractivity contribution >= 4 is 63.8 Å². The Morgan fingerprint density at radius 1 is 1.41 bits per heavy atom. The molecular weight excluding hydrogens is 435 g/mol. The van der Waals surface area contributed by atoms with E-state index in [0.717, 1.165) is 29.5 Å². The second-order valence-corrected chi connectivity index (χ2v) is 8.68. The predicted molar refractivity (Wildman–Crippen MR) is 103 cm³/mol. The van der Waals surface area contributed by atoms with E-state index >= 15 is 0 Å². The van der Waals surface area contributed by atoms with Crippen molar-refractivity contribution in [2.24, 2.45) is 0 Å². The number of amides is 2. The van der Waals surface area contributed by atoms with Gasteiger partial charge in [0.1, 0.15) is 15.1 Å². The maximum Gasteiger partial charge on any atom is 0.294 e. The molecule has 2 aromatic rings. The highest BCUT2D eigenvalue weighted by molar-refractivity contribution is 8.01. The van der Waals surface area contributed by atoms with E-state index in [4.69, 9.17) is 23.2 Å². The topological polar surface area (TPSA) is 114 Å². The predicted octanol–water partition coefficient (Wildman–Crippen LogP) is 3.52. The van der Waals surface area contributed by atoms with Crippen molar-refractivity contribution in [2.75, 3.05) is 6.54 Å². The average molecular weight is 447 g/mol. The van der Waals surface area contributed by atoms with Crippen LogP contribution in [0.4, 0.5) is 5.69 Å². The fourth-order valence-corrected chi connectivity index (χ4v) is 5.17. The van der Waals surface area contributed by atoms with Gasteiger partial charge in [0.25, 0.3) is 11.6 Å². The molecule has 142 valence electrons. The molecule has 0 radical (unpaired) electrons. The first-order valence-electron chi connectivity index (χ1n) is 7.70. The summed E-state index contributed by atoms with van der Waals surface area (Å²) in [7, 11) is 0. The zero-order chi connectivity index (χ0) is 19.6. The molecule has 8 nitrogen and oxygen atoms in total. The molecule has 1 fully saturated rings. The molecule has 1 aliphatic heterocycles. The van der Waals surface area contributed by atoms with Crippen LogP contribution in [0.5, 0.6) is 0 Å². The minimum absolute atomic E-state index is 0.129. The number of nitrogens with one attached hydrogen (secondary N) is 2. The number of aromatic nitrogens is 1. The summed E-state index contributed by atoms with van der Waals surface area (Å²) in [5, 5.41) is 17.2. The van der Waals surface area contributed by atoms with Crippen molar-refractivity contribution in [3.8, 4) is 0 Å². The molecule has 0 aromatic carbocycles. The highest BCUT2D eigenvalue weighted by Crippen LogP contribution is 2.45. The van der Waals surface area contributed by atoms with Gasteiger partial charge < -0.3 is 10.6 Å². The van der Waals surface area contributed by atoms with E-state index in [1.807, 2.05) is 0 Å². The van der Waals surface area contributed by atoms with Gasteiger partial charge in [0, 0.05) is 25.0 Å². The Morgan fingerprint density at radius 3 is 2.74 bits per heavy atom. The summed E-state index contributed by atoms with van der Waals surface area (Å²) in [6.45, 7) is 0.573. The van der Waals surface area contributed by atoms with Gasteiger partial charge in [-0.25, -0.2) is 0 Å². The molecule has 0 spiro atoms. The Labute approximate surface area is 171 Å². The van der Waals surface area contributed by atoms with E-state index in [1.54, 1.807) is 0 Å². The number of hydrogen-bond donors (Lipinski definition) is 2. The smallest absolute Gasteiger partial charge is 0.294 e. The molecule has 27 heavy (non-hydrogen) atoms. The Hall–Kier alpha value is -1.88. The van der Waals surface area contributed by atoms with Crippen LogP contribution in [-0.4, -0.2) is 34.3 Å². The van der Waals surface area contributed by atoms with Crippen LogP contribution in [0.2, 0.25) is 10.0 Å². The molecule has 0 bridgehead atoms. The largest absolute Gasteiger partial charge is 0.354 e. The van der Waals surface area contributed by atoms with E-state index in [-0.39, 0.29) is 30.7 Å². The summed E-state index contributed by atoms with van der Waals surface area (Å²) in [4.78, 5) is 39.4. The van der Waals surface area contributed by atoms with Crippen molar-refractivity contribution in [1.82, 2.24) is 15.6 Å². The van der Waals surface area contributed by atoms with Crippen LogP contribution in [0.3, 0.4) is 0 Å². The van der Waals surface area contributed by atoms with Gasteiger partial charge in [-0.15, -0.1) is 11.3 Å². The number of thiophene rings is 1. The monoisotopic (exact) mass is 446 g/mol. The van der Waals surface area contributed by atoms with E-state index in [0.29, 0.717) is 17.9 Å². The minimum Gasteiger partial charge on any atom is -0.354 e. The zero-order valence-electron chi connectivity index (χ0n) is 13.5. The first-order chi connectivity index (χ1) is 12.9. The molecule has 0 saturated carbocycles. The van der Waals surface area contributed by atoms with Crippen molar-refractivity contribution in [2.45, 2.75) is 28.0 Å². The highest BCUT2D eigenvalue weighted by Gasteiger charge is 2.28. The number of carbonyl (C=O) groups is 2. The Balaban J connectivity index is 1.85. The number of halogens is 2. The van der Waals surface area contributed by atoms with Crippen molar-refractivity contribution < 1.29 is 14.5 Å². The molecule has 2 aromatic heterocycles. The lowest BCUT2D eigenvalue weighted by Crippen LogP contribution is -2.50. The average Bonchev–Trinajstić information content (AvgIpc) is 3.05. The molecule has 1 saturated heterocycles. The van der Waals surface area contributed by atoms with Gasteiger partial charge >= 0.3 is 0 Å². The summed E-state index contributed by atoms with van der Waals surface area (Å²) in [6.07, 6.45) is 4.03. The summed E-state index contributed by atoms with van der Waals surface area (Å²) in [5.74, 6) is -0.797. The van der Waals surface area contributed by atoms with Gasteiger partial charge in [0.15, 0.2) is 0 Å². The summed E-state index contributed by atoms with van der Waals surface area (Å²) < 4.78 is 0.258. The maximum atomic E-state index is 12.5. The van der Waals surface area contributed by atoms with E-state index in [2.05, 4.69) is 15.6 Å². The van der Waals surface area contributed by atoms with Crippen LogP contribution in [-0.2, 0) is 4.79 Å². The number of rotatable bonds is 5. The van der Waals surface area contributed by atoms with Gasteiger partial charge in [0.2, 0.25) is 5.91 Å². The van der Waals surface area contributed by atoms with Gasteiger partial charge in [-0.05, 0) is 12.8 Å². The molecule has 1 unspecified atom stereocenters. The fourth-order valence-electron chi connectivity index (χ4n) is 2.41. The summed E-state index contributed by atoms with van der Waals surface area (Å²) in [5.41, 5.74) is -0.229. The van der Waals surface area contributed by atoms with Crippen LogP contribution in [0.25, 0.3) is 0 Å². The molecule has 2 amide bonds. The third kappa shape index (κ3) is 4.52. The Kier molecular flexibility index (Phi) is 6.20. The Bertz CT molecular complexity index is 901. The van der Waals surface area contributed by atoms with Crippen molar-refractivity contribution in [3.05, 3.63) is 43.5 Å². The quantitative estimate of drug-likeness (QED) is 0.536. The van der Waals surface area contributed by atoms with Gasteiger partial charge in [-0.3, -0.25) is 24.7 Å². The number of nitrogens with zero attached hydrogens (tertiary/aromatic N) is 2. The van der Waals surface area contributed by atoms with Crippen LogP contribution < -0.4 is 10.6 Å². The second kappa shape index (κ2) is 8.42. The maximum absolute atomic E-state index is 12.5. The molecule has 2 N–H and O–H groups in total. The van der Waals surface area contributed by atoms with Crippen LogP contribution in [0, 0.1) is 10.1 Å². The second-order valence-electron chi connectivity index (χ2n) is 5.53. The number of piperidine rings is 1. The van der Waals surface area contributed by atoms with Crippen LogP contribution >= 0.6 is 46.3 Å². The van der Waals surface area contributed by atoms with Gasteiger partial charge in [-0.1, -0.05) is 35.0 Å². The molecule has 1 aliphatic rings. The van der Waals surface area contributed by atoms with Crippen LogP contribution in [0.1, 0.15) is 22.5 Å². The number of pyridine rings is 1. The standard InChI is InChI=1S/C15H12Cl2N4O4S2/c16-7-5-18-6-8(17)12(7)27-15-10(21(24)25)4-11(26-15)14(23)20-9-2-1-3-19-13(9)22/h4-6,9H,1-3H2,(H,19,22)(H,20,23). The lowest BCUT2D eigenvalue weighted by molar-refractivity contribution is -0.387. The normalized spacial score (nSPS) is 16.7. The van der Waals surface area contributed by atoms with Crippen LogP contribution in [0.15, 0.2) is 27.6 Å². The molecular formula is C15H12Cl2N4O4S2. The first-order valence-corrected chi connectivity index (χ1v) is 10.1. The van der Waals surface area contributed by atoms with E-state index in [1.165, 1.54) is 18.5 Å². The minimum atomic E-state index is -0.646. The van der Waals surface area contributed by atoms with Crippen molar-refractivity contribution in [1.29, 1.82) is 0 Å². The molecule has 3 rings (SSSR count). The summed E-state index contributed by atoms with van der Waals surface area (Å²) >= 11 is 14.1. The Morgan fingerprint density at radius 2 is 2.11 bits per heavy atom. The molecule has 1 atom stereocenters. The molecule has 3 heterocycles. The lowest BCUT2D eigenvalue weighted by Gasteiger charge is -2.22. The zero-order valence-corrected chi connectivity index (χ0v) is 16.7. The van der Waals surface area contributed by atoms with Gasteiger partial charge in [0.05, 0.1) is 19.9 Å². The fraction of sp³-hybridized carbons (Fsp3) is 0.267. The van der Waals surface area contributed by atoms with E-state index < -0.39 is 16.9 Å². The van der Waals surface area contributed by atoms with Crippen molar-refractivity contribution in [3.63, 3.8) is 0 Å². The number of hydrogen-bond acceptors (Lipinski definition) is 7. The lowest BCUT2D eigenvalue weighted by atomic mass is 10.1. The third-order valence-electron chi connectivity index (χ3n) is 3.70. The highest BCUT2D eigenvalue weighted by atomic mass is 35.5. The SMILES string of the molecule is O=C(NC1CCCNC1=O)c1cc([N+](=O)[O-])c(Sc2c(Cl)cncc2Cl)s1. The number of carbonyl (C=O) groups excluding carboxylic acids is 2.